The number of amides is 2. The number of nitrogens with one attached hydrogen (secondary N) is 1. The fourth-order valence-corrected chi connectivity index (χ4v) is 5.59. The van der Waals surface area contributed by atoms with E-state index in [1.807, 2.05) is 58.9 Å². The molecule has 3 aromatic rings. The van der Waals surface area contributed by atoms with Crippen LogP contribution in [0.3, 0.4) is 0 Å². The molecule has 2 amide bonds. The maximum atomic E-state index is 14.0. The fraction of sp³-hybridized carbons (Fsp3) is 0.375. The summed E-state index contributed by atoms with van der Waals surface area (Å²) in [5.74, 6) is -0.206. The third kappa shape index (κ3) is 8.33. The molecule has 0 aliphatic carbocycles. The predicted molar refractivity (Wildman–Crippen MR) is 162 cm³/mol. The van der Waals surface area contributed by atoms with Crippen molar-refractivity contribution >= 4 is 27.5 Å². The van der Waals surface area contributed by atoms with Crippen molar-refractivity contribution in [2.75, 3.05) is 17.5 Å². The van der Waals surface area contributed by atoms with Crippen LogP contribution in [0.4, 0.5) is 5.69 Å². The number of sulfonamides is 1. The highest BCUT2D eigenvalue weighted by atomic mass is 32.2. The smallest absolute Gasteiger partial charge is 0.264 e. The van der Waals surface area contributed by atoms with Gasteiger partial charge < -0.3 is 15.0 Å². The third-order valence-electron chi connectivity index (χ3n) is 6.97. The van der Waals surface area contributed by atoms with Crippen molar-refractivity contribution in [2.45, 2.75) is 71.5 Å². The summed E-state index contributed by atoms with van der Waals surface area (Å²) in [7, 11) is -4.13. The van der Waals surface area contributed by atoms with Gasteiger partial charge in [-0.05, 0) is 83.0 Å². The summed E-state index contributed by atoms with van der Waals surface area (Å²) in [5.41, 5.74) is 3.13. The molecule has 0 aliphatic rings. The standard InChI is InChI=1S/C32H41N3O5S/c1-7-25(5)33-32(37)26(6)34(21-27-13-9-23(3)10-14-27)31(36)22-35(28-15-17-29(18-16-28)40-8-2)41(38,39)30-19-11-24(4)12-20-30/h9-20,25-26H,7-8,21-22H2,1-6H3,(H,33,37)/t25-,26+/m1/s1. The Balaban J connectivity index is 2.02. The zero-order valence-corrected chi connectivity index (χ0v) is 25.6. The van der Waals surface area contributed by atoms with Crippen LogP contribution in [0.25, 0.3) is 0 Å². The molecule has 1 N–H and O–H groups in total. The predicted octanol–water partition coefficient (Wildman–Crippen LogP) is 5.23. The lowest BCUT2D eigenvalue weighted by Crippen LogP contribution is -2.52. The molecule has 0 aliphatic heterocycles. The first kappa shape index (κ1) is 31.7. The summed E-state index contributed by atoms with van der Waals surface area (Å²) < 4.78 is 34.5. The topological polar surface area (TPSA) is 96.0 Å². The Morgan fingerprint density at radius 1 is 0.854 bits per heavy atom. The van der Waals surface area contributed by atoms with Gasteiger partial charge in [-0.15, -0.1) is 0 Å². The van der Waals surface area contributed by atoms with E-state index in [9.17, 15) is 18.0 Å². The van der Waals surface area contributed by atoms with Crippen LogP contribution in [-0.2, 0) is 26.2 Å². The Morgan fingerprint density at radius 2 is 1.41 bits per heavy atom. The molecule has 0 aromatic heterocycles. The largest absolute Gasteiger partial charge is 0.494 e. The summed E-state index contributed by atoms with van der Waals surface area (Å²) in [6, 6.07) is 19.9. The first-order valence-corrected chi connectivity index (χ1v) is 15.4. The van der Waals surface area contributed by atoms with Gasteiger partial charge in [0.25, 0.3) is 10.0 Å². The van der Waals surface area contributed by atoms with Crippen LogP contribution in [-0.4, -0.2) is 50.4 Å². The average molecular weight is 580 g/mol. The Kier molecular flexibility index (Phi) is 10.9. The van der Waals surface area contributed by atoms with Gasteiger partial charge in [-0.25, -0.2) is 8.42 Å². The minimum Gasteiger partial charge on any atom is -0.494 e. The Bertz CT molecular complexity index is 1410. The van der Waals surface area contributed by atoms with Crippen molar-refractivity contribution in [3.63, 3.8) is 0 Å². The van der Waals surface area contributed by atoms with Gasteiger partial charge in [-0.3, -0.25) is 13.9 Å². The first-order valence-electron chi connectivity index (χ1n) is 13.9. The molecule has 8 nitrogen and oxygen atoms in total. The fourth-order valence-electron chi connectivity index (χ4n) is 4.18. The number of carbonyl (C=O) groups is 2. The van der Waals surface area contributed by atoms with Crippen LogP contribution >= 0.6 is 0 Å². The van der Waals surface area contributed by atoms with E-state index in [-0.39, 0.29) is 23.4 Å². The minimum atomic E-state index is -4.13. The van der Waals surface area contributed by atoms with E-state index in [1.54, 1.807) is 43.3 Å². The molecule has 0 unspecified atom stereocenters. The summed E-state index contributed by atoms with van der Waals surface area (Å²) >= 11 is 0. The van der Waals surface area contributed by atoms with Gasteiger partial charge in [0.15, 0.2) is 0 Å². The van der Waals surface area contributed by atoms with Gasteiger partial charge in [-0.1, -0.05) is 54.4 Å². The van der Waals surface area contributed by atoms with Crippen molar-refractivity contribution in [3.8, 4) is 5.75 Å². The highest BCUT2D eigenvalue weighted by Gasteiger charge is 2.32. The summed E-state index contributed by atoms with van der Waals surface area (Å²) in [5, 5.41) is 2.95. The number of hydrogen-bond donors (Lipinski definition) is 1. The lowest BCUT2D eigenvalue weighted by Gasteiger charge is -2.32. The molecule has 2 atom stereocenters. The second kappa shape index (κ2) is 14.2. The van der Waals surface area contributed by atoms with Crippen LogP contribution in [0.1, 0.15) is 50.8 Å². The molecule has 0 fully saturated rings. The summed E-state index contributed by atoms with van der Waals surface area (Å²) in [6.07, 6.45) is 0.741. The number of rotatable bonds is 13. The quantitative estimate of drug-likeness (QED) is 0.299. The molecule has 0 spiro atoms. The van der Waals surface area contributed by atoms with Gasteiger partial charge in [-0.2, -0.15) is 0 Å². The number of anilines is 1. The monoisotopic (exact) mass is 579 g/mol. The number of nitrogens with zero attached hydrogens (tertiary/aromatic N) is 2. The lowest BCUT2D eigenvalue weighted by atomic mass is 10.1. The highest BCUT2D eigenvalue weighted by molar-refractivity contribution is 7.92. The third-order valence-corrected chi connectivity index (χ3v) is 8.75. The summed E-state index contributed by atoms with van der Waals surface area (Å²) in [6.45, 7) is 11.4. The normalized spacial score (nSPS) is 12.7. The van der Waals surface area contributed by atoms with E-state index in [4.69, 9.17) is 4.74 Å². The second-order valence-corrected chi connectivity index (χ2v) is 12.1. The van der Waals surface area contributed by atoms with E-state index >= 15 is 0 Å². The van der Waals surface area contributed by atoms with E-state index in [2.05, 4.69) is 5.32 Å². The molecular formula is C32H41N3O5S. The maximum absolute atomic E-state index is 14.0. The van der Waals surface area contributed by atoms with Crippen molar-refractivity contribution in [1.82, 2.24) is 10.2 Å². The van der Waals surface area contributed by atoms with E-state index in [1.165, 1.54) is 17.0 Å². The van der Waals surface area contributed by atoms with Crippen molar-refractivity contribution < 1.29 is 22.7 Å². The van der Waals surface area contributed by atoms with Crippen molar-refractivity contribution in [2.24, 2.45) is 0 Å². The van der Waals surface area contributed by atoms with E-state index in [0.717, 1.165) is 27.4 Å². The van der Waals surface area contributed by atoms with E-state index < -0.39 is 28.5 Å². The minimum absolute atomic E-state index is 0.0662. The molecule has 41 heavy (non-hydrogen) atoms. The molecule has 0 saturated heterocycles. The Hall–Kier alpha value is -3.85. The molecular weight excluding hydrogens is 538 g/mol. The molecule has 3 aromatic carbocycles. The van der Waals surface area contributed by atoms with E-state index in [0.29, 0.717) is 18.0 Å². The zero-order chi connectivity index (χ0) is 30.2. The van der Waals surface area contributed by atoms with Crippen LogP contribution in [0, 0.1) is 13.8 Å². The number of hydrogen-bond acceptors (Lipinski definition) is 5. The molecule has 3 rings (SSSR count). The number of ether oxygens (including phenoxy) is 1. The molecule has 0 bridgehead atoms. The van der Waals surface area contributed by atoms with Crippen molar-refractivity contribution in [1.29, 1.82) is 0 Å². The zero-order valence-electron chi connectivity index (χ0n) is 24.8. The van der Waals surface area contributed by atoms with Crippen molar-refractivity contribution in [3.05, 3.63) is 89.5 Å². The molecule has 0 heterocycles. The van der Waals surface area contributed by atoms with Gasteiger partial charge in [0.2, 0.25) is 11.8 Å². The number of carbonyl (C=O) groups excluding carboxylic acids is 2. The van der Waals surface area contributed by atoms with Crippen LogP contribution in [0.5, 0.6) is 5.75 Å². The molecule has 220 valence electrons. The van der Waals surface area contributed by atoms with Gasteiger partial charge in [0, 0.05) is 12.6 Å². The SMILES string of the molecule is CCOc1ccc(N(CC(=O)N(Cc2ccc(C)cc2)[C@@H](C)C(=O)N[C@H](C)CC)S(=O)(=O)c2ccc(C)cc2)cc1. The average Bonchev–Trinajstić information content (AvgIpc) is 2.95. The van der Waals surface area contributed by atoms with Crippen LogP contribution in [0.15, 0.2) is 77.7 Å². The van der Waals surface area contributed by atoms with Gasteiger partial charge in [0.05, 0.1) is 17.2 Å². The molecule has 0 saturated carbocycles. The lowest BCUT2D eigenvalue weighted by molar-refractivity contribution is -0.139. The summed E-state index contributed by atoms with van der Waals surface area (Å²) in [4.78, 5) is 28.7. The van der Waals surface area contributed by atoms with Gasteiger partial charge in [0.1, 0.15) is 18.3 Å². The van der Waals surface area contributed by atoms with Crippen LogP contribution in [0.2, 0.25) is 0 Å². The second-order valence-electron chi connectivity index (χ2n) is 10.3. The number of aryl methyl sites for hydroxylation is 2. The number of benzene rings is 3. The first-order chi connectivity index (χ1) is 19.5. The van der Waals surface area contributed by atoms with Gasteiger partial charge >= 0.3 is 0 Å². The molecule has 9 heteroatoms. The van der Waals surface area contributed by atoms with Crippen LogP contribution < -0.4 is 14.4 Å². The highest BCUT2D eigenvalue weighted by Crippen LogP contribution is 2.27. The Morgan fingerprint density at radius 3 is 1.95 bits per heavy atom. The Labute approximate surface area is 244 Å². The molecule has 0 radical (unpaired) electrons. The maximum Gasteiger partial charge on any atom is 0.264 e.